The van der Waals surface area contributed by atoms with Crippen LogP contribution in [0.5, 0.6) is 0 Å². The molecule has 2 saturated heterocycles. The Morgan fingerprint density at radius 3 is 2.20 bits per heavy atom. The van der Waals surface area contributed by atoms with E-state index in [1.165, 1.54) is 6.42 Å². The molecule has 0 unspecified atom stereocenters. The van der Waals surface area contributed by atoms with Gasteiger partial charge in [-0.15, -0.1) is 24.0 Å². The van der Waals surface area contributed by atoms with E-state index in [1.807, 2.05) is 30.3 Å². The fourth-order valence-corrected chi connectivity index (χ4v) is 4.65. The number of nitrogens with one attached hydrogen (secondary N) is 1. The lowest BCUT2D eigenvalue weighted by molar-refractivity contribution is -0.0496. The first-order chi connectivity index (χ1) is 13.8. The first-order valence-corrected chi connectivity index (χ1v) is 11.4. The maximum Gasteiger partial charge on any atom is 0.511 e. The van der Waals surface area contributed by atoms with Gasteiger partial charge in [0.15, 0.2) is 5.96 Å². The van der Waals surface area contributed by atoms with Crippen LogP contribution < -0.4 is 5.32 Å². The van der Waals surface area contributed by atoms with Gasteiger partial charge in [0.1, 0.15) is 0 Å². The van der Waals surface area contributed by atoms with Crippen molar-refractivity contribution in [3.8, 4) is 0 Å². The van der Waals surface area contributed by atoms with Crippen LogP contribution in [0.15, 0.2) is 35.3 Å². The van der Waals surface area contributed by atoms with Crippen molar-refractivity contribution in [1.82, 2.24) is 9.21 Å². The highest BCUT2D eigenvalue weighted by atomic mass is 127. The standard InChI is InChI=1S/C19H27F3N4O2S.HI/c20-19(21,22)29(27,28)26-13-9-16(10-14-26)15-23-18(25-11-5-2-6-12-25)24-17-7-3-1-4-8-17;/h1,3-4,7-8,16H,2,5-6,9-15H2,(H,23,24);1H. The first kappa shape index (κ1) is 25.2. The van der Waals surface area contributed by atoms with Gasteiger partial charge in [0.2, 0.25) is 0 Å². The molecule has 0 bridgehead atoms. The summed E-state index contributed by atoms with van der Waals surface area (Å²) in [7, 11) is -5.24. The van der Waals surface area contributed by atoms with E-state index in [-0.39, 0.29) is 43.0 Å². The van der Waals surface area contributed by atoms with E-state index in [0.29, 0.717) is 23.7 Å². The van der Waals surface area contributed by atoms with E-state index >= 15 is 0 Å². The molecule has 1 aromatic carbocycles. The second-order valence-electron chi connectivity index (χ2n) is 7.50. The number of benzene rings is 1. The summed E-state index contributed by atoms with van der Waals surface area (Å²) in [4.78, 5) is 6.95. The number of piperidine rings is 2. The molecule has 2 heterocycles. The SMILES string of the molecule is I.O=S(=O)(N1CCC(CN=C(Nc2ccccc2)N2CCCCC2)CC1)C(F)(F)F. The van der Waals surface area contributed by atoms with Gasteiger partial charge >= 0.3 is 15.5 Å². The van der Waals surface area contributed by atoms with E-state index in [9.17, 15) is 21.6 Å². The van der Waals surface area contributed by atoms with Crippen LogP contribution >= 0.6 is 24.0 Å². The first-order valence-electron chi connectivity index (χ1n) is 9.95. The van der Waals surface area contributed by atoms with Crippen LogP contribution in [0.2, 0.25) is 0 Å². The van der Waals surface area contributed by atoms with Gasteiger partial charge in [-0.1, -0.05) is 18.2 Å². The second-order valence-corrected chi connectivity index (χ2v) is 9.43. The topological polar surface area (TPSA) is 65.0 Å². The molecule has 0 aromatic heterocycles. The van der Waals surface area contributed by atoms with Gasteiger partial charge in [0.25, 0.3) is 0 Å². The molecule has 2 fully saturated rings. The molecular weight excluding hydrogens is 532 g/mol. The molecule has 2 aliphatic rings. The average molecular weight is 560 g/mol. The number of anilines is 1. The van der Waals surface area contributed by atoms with Crippen LogP contribution in [0.25, 0.3) is 0 Å². The number of guanidine groups is 1. The van der Waals surface area contributed by atoms with Crippen LogP contribution in [-0.2, 0) is 10.0 Å². The number of likely N-dealkylation sites (tertiary alicyclic amines) is 1. The van der Waals surface area contributed by atoms with E-state index in [4.69, 9.17) is 4.99 Å². The average Bonchev–Trinajstić information content (AvgIpc) is 2.72. The molecule has 0 spiro atoms. The van der Waals surface area contributed by atoms with Crippen LogP contribution in [0, 0.1) is 5.92 Å². The van der Waals surface area contributed by atoms with E-state index in [1.54, 1.807) is 0 Å². The quantitative estimate of drug-likeness (QED) is 0.342. The number of halogens is 4. The van der Waals surface area contributed by atoms with E-state index in [0.717, 1.165) is 37.6 Å². The van der Waals surface area contributed by atoms with Gasteiger partial charge in [0.05, 0.1) is 0 Å². The lowest BCUT2D eigenvalue weighted by Crippen LogP contribution is -2.45. The van der Waals surface area contributed by atoms with Crippen molar-refractivity contribution in [3.63, 3.8) is 0 Å². The van der Waals surface area contributed by atoms with E-state index in [2.05, 4.69) is 10.2 Å². The van der Waals surface area contributed by atoms with Gasteiger partial charge in [-0.2, -0.15) is 17.5 Å². The summed E-state index contributed by atoms with van der Waals surface area (Å²) in [5.74, 6) is 0.841. The number of aliphatic imine (C=N–C) groups is 1. The lowest BCUT2D eigenvalue weighted by Gasteiger charge is -2.32. The van der Waals surface area contributed by atoms with Crippen molar-refractivity contribution in [1.29, 1.82) is 0 Å². The monoisotopic (exact) mass is 560 g/mol. The van der Waals surface area contributed by atoms with Gasteiger partial charge in [0, 0.05) is 38.4 Å². The summed E-state index contributed by atoms with van der Waals surface area (Å²) in [5.41, 5.74) is -4.30. The number of nitrogens with zero attached hydrogens (tertiary/aromatic N) is 3. The molecule has 11 heteroatoms. The minimum Gasteiger partial charge on any atom is -0.343 e. The summed E-state index contributed by atoms with van der Waals surface area (Å²) in [6, 6.07) is 9.73. The molecule has 1 N–H and O–H groups in total. The number of para-hydroxylation sites is 1. The fourth-order valence-electron chi connectivity index (χ4n) is 3.67. The Morgan fingerprint density at radius 2 is 1.63 bits per heavy atom. The Bertz CT molecular complexity index is 792. The maximum atomic E-state index is 12.7. The normalized spacial score (nSPS) is 20.0. The Morgan fingerprint density at radius 1 is 1.03 bits per heavy atom. The van der Waals surface area contributed by atoms with Crippen molar-refractivity contribution >= 4 is 45.6 Å². The Hall–Kier alpha value is -1.08. The fraction of sp³-hybridized carbons (Fsp3) is 0.632. The number of alkyl halides is 3. The molecule has 3 rings (SSSR count). The molecule has 0 atom stereocenters. The lowest BCUT2D eigenvalue weighted by atomic mass is 9.98. The zero-order valence-corrected chi connectivity index (χ0v) is 19.8. The number of rotatable bonds is 4. The van der Waals surface area contributed by atoms with Gasteiger partial charge in [-0.05, 0) is 50.2 Å². The van der Waals surface area contributed by atoms with Crippen LogP contribution in [-0.4, -0.2) is 61.8 Å². The van der Waals surface area contributed by atoms with Crippen molar-refractivity contribution in [2.45, 2.75) is 37.6 Å². The van der Waals surface area contributed by atoms with Gasteiger partial charge in [-0.25, -0.2) is 8.42 Å². The third kappa shape index (κ3) is 6.46. The third-order valence-electron chi connectivity index (χ3n) is 5.39. The van der Waals surface area contributed by atoms with Crippen molar-refractivity contribution in [3.05, 3.63) is 30.3 Å². The molecule has 30 heavy (non-hydrogen) atoms. The molecule has 0 radical (unpaired) electrons. The number of sulfonamides is 1. The summed E-state index contributed by atoms with van der Waals surface area (Å²) < 4.78 is 61.8. The van der Waals surface area contributed by atoms with Crippen LogP contribution in [0.4, 0.5) is 18.9 Å². The molecule has 0 amide bonds. The Balaban J connectivity index is 0.00000320. The highest BCUT2D eigenvalue weighted by Crippen LogP contribution is 2.30. The molecule has 2 aliphatic heterocycles. The summed E-state index contributed by atoms with van der Waals surface area (Å²) in [6.07, 6.45) is 4.14. The number of hydrogen-bond acceptors (Lipinski definition) is 3. The predicted molar refractivity (Wildman–Crippen MR) is 122 cm³/mol. The zero-order valence-electron chi connectivity index (χ0n) is 16.6. The van der Waals surface area contributed by atoms with Crippen LogP contribution in [0.1, 0.15) is 32.1 Å². The molecule has 6 nitrogen and oxygen atoms in total. The molecule has 170 valence electrons. The molecule has 1 aromatic rings. The highest BCUT2D eigenvalue weighted by molar-refractivity contribution is 14.0. The smallest absolute Gasteiger partial charge is 0.343 e. The third-order valence-corrected chi connectivity index (χ3v) is 7.02. The Kier molecular flexibility index (Phi) is 9.22. The van der Waals surface area contributed by atoms with E-state index < -0.39 is 15.5 Å². The van der Waals surface area contributed by atoms with Gasteiger partial charge < -0.3 is 10.2 Å². The molecule has 0 saturated carbocycles. The largest absolute Gasteiger partial charge is 0.511 e. The van der Waals surface area contributed by atoms with Gasteiger partial charge in [-0.3, -0.25) is 4.99 Å². The summed E-state index contributed by atoms with van der Waals surface area (Å²) >= 11 is 0. The van der Waals surface area contributed by atoms with Crippen molar-refractivity contribution in [2.75, 3.05) is 38.0 Å². The highest BCUT2D eigenvalue weighted by Gasteiger charge is 2.50. The summed E-state index contributed by atoms with van der Waals surface area (Å²) in [6.45, 7) is 2.06. The van der Waals surface area contributed by atoms with Crippen molar-refractivity contribution in [2.24, 2.45) is 10.9 Å². The van der Waals surface area contributed by atoms with Crippen molar-refractivity contribution < 1.29 is 21.6 Å². The second kappa shape index (κ2) is 11.0. The molecule has 0 aliphatic carbocycles. The summed E-state index contributed by atoms with van der Waals surface area (Å²) in [5, 5.41) is 3.36. The van der Waals surface area contributed by atoms with Crippen LogP contribution in [0.3, 0.4) is 0 Å². The Labute approximate surface area is 193 Å². The minimum absolute atomic E-state index is 0. The predicted octanol–water partition coefficient (Wildman–Crippen LogP) is 4.12. The molecular formula is C19H28F3IN4O2S. The zero-order chi connectivity index (χ0) is 20.9. The number of hydrogen-bond donors (Lipinski definition) is 1. The minimum atomic E-state index is -5.24. The maximum absolute atomic E-state index is 12.7.